The van der Waals surface area contributed by atoms with E-state index in [9.17, 15) is 20.4 Å². The summed E-state index contributed by atoms with van der Waals surface area (Å²) in [5.74, 6) is 0.0646. The second-order valence-electron chi connectivity index (χ2n) is 4.46. The lowest BCUT2D eigenvalue weighted by Gasteiger charge is -2.24. The fourth-order valence-corrected chi connectivity index (χ4v) is 2.17. The first kappa shape index (κ1) is 15.4. The van der Waals surface area contributed by atoms with Gasteiger partial charge < -0.3 is 30.5 Å². The summed E-state index contributed by atoms with van der Waals surface area (Å²) in [4.78, 5) is 6.93. The lowest BCUT2D eigenvalue weighted by molar-refractivity contribution is -0.117. The molecule has 7 nitrogen and oxygen atoms in total. The van der Waals surface area contributed by atoms with Crippen molar-refractivity contribution in [2.75, 3.05) is 6.61 Å². The van der Waals surface area contributed by atoms with E-state index in [0.29, 0.717) is 11.0 Å². The normalized spacial score (nSPS) is 17.9. The number of nitrogens with zero attached hydrogens (tertiary/aromatic N) is 1. The molecule has 2 aromatic rings. The number of aliphatic hydroxyl groups is 5. The molecule has 2 rings (SSSR count). The minimum Gasteiger partial charge on any atom is -0.394 e. The van der Waals surface area contributed by atoms with Gasteiger partial charge in [0.2, 0.25) is 0 Å². The molecule has 0 aliphatic rings. The van der Waals surface area contributed by atoms with Crippen LogP contribution in [0.2, 0.25) is 0 Å². The Morgan fingerprint density at radius 3 is 2.50 bits per heavy atom. The summed E-state index contributed by atoms with van der Waals surface area (Å²) < 4.78 is 0.814. The Hall–Kier alpha value is -1.03. The zero-order valence-electron chi connectivity index (χ0n) is 10.3. The minimum absolute atomic E-state index is 0.0646. The smallest absolute Gasteiger partial charge is 0.140 e. The van der Waals surface area contributed by atoms with Gasteiger partial charge in [-0.15, -0.1) is 0 Å². The van der Waals surface area contributed by atoms with Crippen molar-refractivity contribution in [3.63, 3.8) is 0 Å². The fourth-order valence-electron chi connectivity index (χ4n) is 1.82. The van der Waals surface area contributed by atoms with Crippen LogP contribution in [0.3, 0.4) is 0 Å². The summed E-state index contributed by atoms with van der Waals surface area (Å²) in [6.07, 6.45) is -6.42. The molecule has 0 aliphatic carbocycles. The van der Waals surface area contributed by atoms with E-state index in [0.717, 1.165) is 4.47 Å². The van der Waals surface area contributed by atoms with E-state index in [1.807, 2.05) is 0 Å². The molecule has 0 aliphatic heterocycles. The number of halogens is 1. The van der Waals surface area contributed by atoms with Crippen molar-refractivity contribution < 1.29 is 25.5 Å². The van der Waals surface area contributed by atoms with Crippen LogP contribution in [-0.2, 0) is 0 Å². The Kier molecular flexibility index (Phi) is 4.74. The van der Waals surface area contributed by atoms with Crippen molar-refractivity contribution in [3.8, 4) is 0 Å². The predicted molar refractivity (Wildman–Crippen MR) is 73.9 cm³/mol. The van der Waals surface area contributed by atoms with Crippen LogP contribution in [0, 0.1) is 0 Å². The molecule has 6 N–H and O–H groups in total. The maximum absolute atomic E-state index is 9.97. The van der Waals surface area contributed by atoms with Gasteiger partial charge in [0.25, 0.3) is 0 Å². The largest absolute Gasteiger partial charge is 0.394 e. The van der Waals surface area contributed by atoms with E-state index in [1.54, 1.807) is 18.2 Å². The highest BCUT2D eigenvalue weighted by Gasteiger charge is 2.32. The maximum atomic E-state index is 9.97. The molecule has 0 saturated carbocycles. The highest BCUT2D eigenvalue weighted by Crippen LogP contribution is 2.23. The topological polar surface area (TPSA) is 130 Å². The summed E-state index contributed by atoms with van der Waals surface area (Å²) in [7, 11) is 0. The monoisotopic (exact) mass is 346 g/mol. The second kappa shape index (κ2) is 6.17. The molecule has 1 aromatic carbocycles. The molecule has 0 amide bonds. The van der Waals surface area contributed by atoms with Crippen molar-refractivity contribution >= 4 is 27.0 Å². The zero-order valence-corrected chi connectivity index (χ0v) is 11.9. The van der Waals surface area contributed by atoms with Gasteiger partial charge in [-0.05, 0) is 18.2 Å². The standard InChI is InChI=1S/C12H15BrN2O5/c13-5-1-2-6-7(3-5)15-12(14-6)11(20)10(19)9(18)8(17)4-16/h1-3,8-11,16-20H,4H2,(H,14,15)/t8-,9+,10+,11-/m1/s1. The molecular formula is C12H15BrN2O5. The van der Waals surface area contributed by atoms with Gasteiger partial charge in [0.15, 0.2) is 0 Å². The Morgan fingerprint density at radius 2 is 1.85 bits per heavy atom. The average molecular weight is 347 g/mol. The van der Waals surface area contributed by atoms with Gasteiger partial charge in [-0.1, -0.05) is 15.9 Å². The number of aromatic amines is 1. The van der Waals surface area contributed by atoms with Crippen LogP contribution in [0.15, 0.2) is 22.7 Å². The molecule has 4 atom stereocenters. The van der Waals surface area contributed by atoms with Crippen LogP contribution in [0.4, 0.5) is 0 Å². The number of H-pyrrole nitrogens is 1. The molecule has 0 saturated heterocycles. The Balaban J connectivity index is 2.24. The number of imidazole rings is 1. The molecular weight excluding hydrogens is 332 g/mol. The summed E-state index contributed by atoms with van der Waals surface area (Å²) in [6, 6.07) is 5.26. The average Bonchev–Trinajstić information content (AvgIpc) is 2.86. The van der Waals surface area contributed by atoms with Gasteiger partial charge >= 0.3 is 0 Å². The molecule has 0 unspecified atom stereocenters. The molecule has 110 valence electrons. The Morgan fingerprint density at radius 1 is 1.15 bits per heavy atom. The van der Waals surface area contributed by atoms with E-state index in [2.05, 4.69) is 25.9 Å². The van der Waals surface area contributed by atoms with Crippen LogP contribution < -0.4 is 0 Å². The molecule has 0 fully saturated rings. The summed E-state index contributed by atoms with van der Waals surface area (Å²) >= 11 is 3.29. The van der Waals surface area contributed by atoms with Crippen molar-refractivity contribution in [2.45, 2.75) is 24.4 Å². The third-order valence-corrected chi connectivity index (χ3v) is 3.49. The number of hydrogen-bond acceptors (Lipinski definition) is 6. The lowest BCUT2D eigenvalue weighted by atomic mass is 10.0. The Bertz CT molecular complexity index is 590. The minimum atomic E-state index is -1.69. The third kappa shape index (κ3) is 3.00. The first-order valence-corrected chi connectivity index (χ1v) is 6.71. The Labute approximate surface area is 122 Å². The SMILES string of the molecule is OC[C@@H](O)[C@H](O)[C@H](O)[C@@H](O)c1nc2cc(Br)ccc2[nH]1. The number of benzene rings is 1. The van der Waals surface area contributed by atoms with Gasteiger partial charge in [0.1, 0.15) is 30.2 Å². The van der Waals surface area contributed by atoms with Crippen molar-refractivity contribution in [2.24, 2.45) is 0 Å². The maximum Gasteiger partial charge on any atom is 0.140 e. The van der Waals surface area contributed by atoms with Crippen molar-refractivity contribution in [3.05, 3.63) is 28.5 Å². The quantitative estimate of drug-likeness (QED) is 0.430. The van der Waals surface area contributed by atoms with Crippen LogP contribution in [0.1, 0.15) is 11.9 Å². The van der Waals surface area contributed by atoms with Crippen LogP contribution in [-0.4, -0.2) is 60.4 Å². The van der Waals surface area contributed by atoms with Crippen molar-refractivity contribution in [1.82, 2.24) is 9.97 Å². The van der Waals surface area contributed by atoms with Crippen LogP contribution in [0.25, 0.3) is 11.0 Å². The van der Waals surface area contributed by atoms with Crippen LogP contribution >= 0.6 is 15.9 Å². The number of aromatic nitrogens is 2. The number of nitrogens with one attached hydrogen (secondary N) is 1. The summed E-state index contributed by atoms with van der Waals surface area (Å²) in [5, 5.41) is 47.3. The number of rotatable bonds is 5. The van der Waals surface area contributed by atoms with E-state index >= 15 is 0 Å². The van der Waals surface area contributed by atoms with E-state index in [1.165, 1.54) is 0 Å². The first-order chi connectivity index (χ1) is 9.43. The molecule has 20 heavy (non-hydrogen) atoms. The zero-order chi connectivity index (χ0) is 14.9. The predicted octanol–water partition coefficient (Wildman–Crippen LogP) is -0.566. The highest BCUT2D eigenvalue weighted by molar-refractivity contribution is 9.10. The number of aliphatic hydroxyl groups excluding tert-OH is 5. The molecule has 8 heteroatoms. The van der Waals surface area contributed by atoms with Gasteiger partial charge in [0.05, 0.1) is 17.6 Å². The van der Waals surface area contributed by atoms with E-state index < -0.39 is 31.0 Å². The summed E-state index contributed by atoms with van der Waals surface area (Å²) in [5.41, 5.74) is 1.24. The molecule has 0 bridgehead atoms. The highest BCUT2D eigenvalue weighted by atomic mass is 79.9. The third-order valence-electron chi connectivity index (χ3n) is 3.00. The van der Waals surface area contributed by atoms with Gasteiger partial charge in [-0.3, -0.25) is 0 Å². The fraction of sp³-hybridized carbons (Fsp3) is 0.417. The van der Waals surface area contributed by atoms with Crippen LogP contribution in [0.5, 0.6) is 0 Å². The van der Waals surface area contributed by atoms with Gasteiger partial charge in [0, 0.05) is 4.47 Å². The molecule has 1 aromatic heterocycles. The van der Waals surface area contributed by atoms with E-state index in [4.69, 9.17) is 5.11 Å². The van der Waals surface area contributed by atoms with Crippen molar-refractivity contribution in [1.29, 1.82) is 0 Å². The molecule has 0 radical (unpaired) electrons. The second-order valence-corrected chi connectivity index (χ2v) is 5.38. The molecule has 0 spiro atoms. The first-order valence-electron chi connectivity index (χ1n) is 5.92. The lowest BCUT2D eigenvalue weighted by Crippen LogP contribution is -2.42. The van der Waals surface area contributed by atoms with Gasteiger partial charge in [-0.25, -0.2) is 4.98 Å². The summed E-state index contributed by atoms with van der Waals surface area (Å²) in [6.45, 7) is -0.724. The number of fused-ring (bicyclic) bond motifs is 1. The van der Waals surface area contributed by atoms with Gasteiger partial charge in [-0.2, -0.15) is 0 Å². The van der Waals surface area contributed by atoms with E-state index in [-0.39, 0.29) is 5.82 Å². The number of hydrogen-bond donors (Lipinski definition) is 6. The molecule has 1 heterocycles.